The van der Waals surface area contributed by atoms with Crippen LogP contribution in [-0.2, 0) is 4.79 Å². The molecule has 0 saturated carbocycles. The fourth-order valence-electron chi connectivity index (χ4n) is 4.08. The summed E-state index contributed by atoms with van der Waals surface area (Å²) in [4.78, 5) is 10.2. The standard InChI is InChI=1S/C26H52O/c1-3-4-5-6-7-14-17-20-23-26(2)24-21-18-15-12-10-8-9-11-13-16-19-22-25-27/h25-26H,3-24H2,1-2H3/t26-/m0/s1. The maximum absolute atomic E-state index is 10.2. The van der Waals surface area contributed by atoms with Crippen molar-refractivity contribution in [1.29, 1.82) is 0 Å². The smallest absolute Gasteiger partial charge is 0.119 e. The minimum Gasteiger partial charge on any atom is -0.303 e. The van der Waals surface area contributed by atoms with Gasteiger partial charge in [-0.1, -0.05) is 142 Å². The molecular weight excluding hydrogens is 328 g/mol. The molecule has 0 heterocycles. The van der Waals surface area contributed by atoms with Gasteiger partial charge < -0.3 is 4.79 Å². The number of hydrogen-bond acceptors (Lipinski definition) is 1. The summed E-state index contributed by atoms with van der Waals surface area (Å²) in [6.45, 7) is 4.76. The van der Waals surface area contributed by atoms with Gasteiger partial charge in [0.15, 0.2) is 0 Å². The lowest BCUT2D eigenvalue weighted by Gasteiger charge is -2.11. The Labute approximate surface area is 172 Å². The van der Waals surface area contributed by atoms with Crippen LogP contribution in [0.2, 0.25) is 0 Å². The van der Waals surface area contributed by atoms with Gasteiger partial charge in [0.05, 0.1) is 0 Å². The van der Waals surface area contributed by atoms with Crippen molar-refractivity contribution in [2.75, 3.05) is 0 Å². The highest BCUT2D eigenvalue weighted by molar-refractivity contribution is 5.48. The molecule has 0 aliphatic heterocycles. The van der Waals surface area contributed by atoms with E-state index in [0.29, 0.717) is 0 Å². The molecule has 27 heavy (non-hydrogen) atoms. The molecule has 162 valence electrons. The number of carbonyl (C=O) groups is 1. The summed E-state index contributed by atoms with van der Waals surface area (Å²) in [6, 6.07) is 0. The largest absolute Gasteiger partial charge is 0.303 e. The predicted octanol–water partition coefficient (Wildman–Crippen LogP) is 9.42. The summed E-state index contributed by atoms with van der Waals surface area (Å²) in [5.41, 5.74) is 0. The molecule has 0 aliphatic carbocycles. The summed E-state index contributed by atoms with van der Waals surface area (Å²) in [5.74, 6) is 0.948. The number of carbonyl (C=O) groups excluding carboxylic acids is 1. The van der Waals surface area contributed by atoms with Crippen molar-refractivity contribution >= 4 is 6.29 Å². The first-order valence-corrected chi connectivity index (χ1v) is 12.7. The van der Waals surface area contributed by atoms with E-state index in [9.17, 15) is 4.79 Å². The van der Waals surface area contributed by atoms with Crippen LogP contribution in [0, 0.1) is 5.92 Å². The first-order valence-electron chi connectivity index (χ1n) is 12.7. The highest BCUT2D eigenvalue weighted by Crippen LogP contribution is 2.19. The van der Waals surface area contributed by atoms with E-state index in [1.807, 2.05) is 0 Å². The van der Waals surface area contributed by atoms with Crippen LogP contribution in [0.3, 0.4) is 0 Å². The minimum atomic E-state index is 0.762. The number of unbranched alkanes of at least 4 members (excludes halogenated alkanes) is 18. The van der Waals surface area contributed by atoms with E-state index in [0.717, 1.165) is 25.0 Å². The van der Waals surface area contributed by atoms with Gasteiger partial charge in [-0.3, -0.25) is 0 Å². The monoisotopic (exact) mass is 380 g/mol. The second-order valence-corrected chi connectivity index (χ2v) is 9.00. The molecule has 0 aromatic heterocycles. The van der Waals surface area contributed by atoms with Crippen LogP contribution in [-0.4, -0.2) is 6.29 Å². The number of rotatable bonds is 23. The molecule has 0 aromatic carbocycles. The van der Waals surface area contributed by atoms with E-state index in [4.69, 9.17) is 0 Å². The zero-order valence-electron chi connectivity index (χ0n) is 19.1. The van der Waals surface area contributed by atoms with Crippen LogP contribution in [0.25, 0.3) is 0 Å². The molecule has 1 atom stereocenters. The average molecular weight is 381 g/mol. The highest BCUT2D eigenvalue weighted by atomic mass is 16.1. The maximum Gasteiger partial charge on any atom is 0.119 e. The molecule has 0 aliphatic rings. The van der Waals surface area contributed by atoms with Gasteiger partial charge in [0.2, 0.25) is 0 Å². The van der Waals surface area contributed by atoms with Gasteiger partial charge in [0, 0.05) is 6.42 Å². The van der Waals surface area contributed by atoms with E-state index in [1.165, 1.54) is 128 Å². The fraction of sp³-hybridized carbons (Fsp3) is 0.962. The van der Waals surface area contributed by atoms with Gasteiger partial charge in [-0.15, -0.1) is 0 Å². The van der Waals surface area contributed by atoms with Crippen molar-refractivity contribution in [3.05, 3.63) is 0 Å². The lowest BCUT2D eigenvalue weighted by Crippen LogP contribution is -1.95. The highest BCUT2D eigenvalue weighted by Gasteiger charge is 2.02. The zero-order valence-corrected chi connectivity index (χ0v) is 19.1. The number of aldehydes is 1. The summed E-state index contributed by atoms with van der Waals surface area (Å²) < 4.78 is 0. The van der Waals surface area contributed by atoms with Crippen LogP contribution < -0.4 is 0 Å². The molecule has 0 aromatic rings. The molecule has 0 saturated heterocycles. The third-order valence-electron chi connectivity index (χ3n) is 6.07. The van der Waals surface area contributed by atoms with E-state index < -0.39 is 0 Å². The Balaban J connectivity index is 3.12. The minimum absolute atomic E-state index is 0.762. The second kappa shape index (κ2) is 23.7. The molecular formula is C26H52O. The third kappa shape index (κ3) is 23.6. The lowest BCUT2D eigenvalue weighted by atomic mass is 9.95. The summed E-state index contributed by atoms with van der Waals surface area (Å²) >= 11 is 0. The van der Waals surface area contributed by atoms with Crippen LogP contribution >= 0.6 is 0 Å². The zero-order chi connectivity index (χ0) is 19.8. The van der Waals surface area contributed by atoms with E-state index in [1.54, 1.807) is 0 Å². The Morgan fingerprint density at radius 2 is 0.852 bits per heavy atom. The Morgan fingerprint density at radius 1 is 0.519 bits per heavy atom. The van der Waals surface area contributed by atoms with Crippen LogP contribution in [0.4, 0.5) is 0 Å². The van der Waals surface area contributed by atoms with Crippen molar-refractivity contribution in [1.82, 2.24) is 0 Å². The Bertz CT molecular complexity index is 273. The third-order valence-corrected chi connectivity index (χ3v) is 6.07. The average Bonchev–Trinajstić information content (AvgIpc) is 2.67. The molecule has 0 spiro atoms. The number of hydrogen-bond donors (Lipinski definition) is 0. The van der Waals surface area contributed by atoms with Crippen molar-refractivity contribution < 1.29 is 4.79 Å². The van der Waals surface area contributed by atoms with Gasteiger partial charge in [-0.05, 0) is 12.3 Å². The van der Waals surface area contributed by atoms with Gasteiger partial charge in [-0.25, -0.2) is 0 Å². The lowest BCUT2D eigenvalue weighted by molar-refractivity contribution is -0.107. The van der Waals surface area contributed by atoms with Crippen LogP contribution in [0.5, 0.6) is 0 Å². The fourth-order valence-corrected chi connectivity index (χ4v) is 4.08. The molecule has 0 unspecified atom stereocenters. The van der Waals surface area contributed by atoms with Crippen molar-refractivity contribution in [2.24, 2.45) is 5.92 Å². The van der Waals surface area contributed by atoms with Crippen molar-refractivity contribution in [3.8, 4) is 0 Å². The SMILES string of the molecule is CCCCCCCCCC[C@H](C)CCCCCCCCCCCCCC=O. The topological polar surface area (TPSA) is 17.1 Å². The van der Waals surface area contributed by atoms with Gasteiger partial charge in [0.25, 0.3) is 0 Å². The maximum atomic E-state index is 10.2. The van der Waals surface area contributed by atoms with Gasteiger partial charge >= 0.3 is 0 Å². The van der Waals surface area contributed by atoms with Gasteiger partial charge in [0.1, 0.15) is 6.29 Å². The second-order valence-electron chi connectivity index (χ2n) is 9.00. The molecule has 0 amide bonds. The van der Waals surface area contributed by atoms with E-state index in [2.05, 4.69) is 13.8 Å². The molecule has 0 bridgehead atoms. The molecule has 1 nitrogen and oxygen atoms in total. The molecule has 0 N–H and O–H groups in total. The molecule has 1 heteroatoms. The summed E-state index contributed by atoms with van der Waals surface area (Å²) in [5, 5.41) is 0. The first kappa shape index (κ1) is 26.7. The van der Waals surface area contributed by atoms with Crippen LogP contribution in [0.15, 0.2) is 0 Å². The Hall–Kier alpha value is -0.330. The molecule has 0 radical (unpaired) electrons. The molecule has 0 fully saturated rings. The van der Waals surface area contributed by atoms with E-state index in [-0.39, 0.29) is 0 Å². The van der Waals surface area contributed by atoms with Crippen LogP contribution in [0.1, 0.15) is 155 Å². The van der Waals surface area contributed by atoms with Crippen molar-refractivity contribution in [3.63, 3.8) is 0 Å². The Morgan fingerprint density at radius 3 is 1.22 bits per heavy atom. The summed E-state index contributed by atoms with van der Waals surface area (Å²) in [7, 11) is 0. The van der Waals surface area contributed by atoms with Crippen molar-refractivity contribution in [2.45, 2.75) is 155 Å². The Kier molecular flexibility index (Phi) is 23.4. The normalized spacial score (nSPS) is 12.4. The predicted molar refractivity (Wildman–Crippen MR) is 122 cm³/mol. The van der Waals surface area contributed by atoms with Gasteiger partial charge in [-0.2, -0.15) is 0 Å². The first-order chi connectivity index (χ1) is 13.3. The summed E-state index contributed by atoms with van der Waals surface area (Å²) in [6.07, 6.45) is 31.4. The molecule has 0 rings (SSSR count). The quantitative estimate of drug-likeness (QED) is 0.127. The van der Waals surface area contributed by atoms with E-state index >= 15 is 0 Å².